The Bertz CT molecular complexity index is 438. The normalized spacial score (nSPS) is 12.6. The van der Waals surface area contributed by atoms with Crippen LogP contribution < -0.4 is 5.32 Å². The second-order valence-electron chi connectivity index (χ2n) is 5.36. The van der Waals surface area contributed by atoms with Gasteiger partial charge in [-0.05, 0) is 39.3 Å². The van der Waals surface area contributed by atoms with Crippen LogP contribution in [0.5, 0.6) is 0 Å². The van der Waals surface area contributed by atoms with Crippen molar-refractivity contribution < 1.29 is 14.3 Å². The van der Waals surface area contributed by atoms with Gasteiger partial charge in [0.15, 0.2) is 0 Å². The van der Waals surface area contributed by atoms with Crippen molar-refractivity contribution in [3.05, 3.63) is 30.1 Å². The van der Waals surface area contributed by atoms with Crippen LogP contribution in [-0.4, -0.2) is 28.5 Å². The SMILES string of the molecule is C[C@H](NC(=O)Cc1cccnc1)C(=O)OC(C)(C)C. The molecule has 0 aliphatic rings. The Balaban J connectivity index is 2.46. The largest absolute Gasteiger partial charge is 0.458 e. The summed E-state index contributed by atoms with van der Waals surface area (Å²) < 4.78 is 5.18. The molecule has 0 bridgehead atoms. The highest BCUT2D eigenvalue weighted by Crippen LogP contribution is 2.08. The number of amides is 1. The van der Waals surface area contributed by atoms with Crippen molar-refractivity contribution in [3.63, 3.8) is 0 Å². The van der Waals surface area contributed by atoms with Gasteiger partial charge < -0.3 is 10.1 Å². The molecule has 1 atom stereocenters. The Kier molecular flexibility index (Phi) is 5.03. The molecule has 19 heavy (non-hydrogen) atoms. The van der Waals surface area contributed by atoms with Crippen LogP contribution in [0.3, 0.4) is 0 Å². The number of nitrogens with zero attached hydrogens (tertiary/aromatic N) is 1. The third-order valence-corrected chi connectivity index (χ3v) is 2.23. The van der Waals surface area contributed by atoms with Crippen molar-refractivity contribution >= 4 is 11.9 Å². The smallest absolute Gasteiger partial charge is 0.328 e. The number of hydrogen-bond donors (Lipinski definition) is 1. The number of nitrogens with one attached hydrogen (secondary N) is 1. The van der Waals surface area contributed by atoms with E-state index in [1.54, 1.807) is 46.2 Å². The van der Waals surface area contributed by atoms with Crippen LogP contribution in [-0.2, 0) is 20.7 Å². The Morgan fingerprint density at radius 3 is 2.63 bits per heavy atom. The van der Waals surface area contributed by atoms with Crippen LogP contribution in [0.2, 0.25) is 0 Å². The number of esters is 1. The topological polar surface area (TPSA) is 68.3 Å². The molecule has 1 aromatic heterocycles. The molecule has 1 heterocycles. The molecule has 0 aliphatic carbocycles. The van der Waals surface area contributed by atoms with Crippen LogP contribution in [0, 0.1) is 0 Å². The van der Waals surface area contributed by atoms with Crippen LogP contribution in [0.1, 0.15) is 33.3 Å². The zero-order valence-corrected chi connectivity index (χ0v) is 11.8. The van der Waals surface area contributed by atoms with Gasteiger partial charge in [0.05, 0.1) is 6.42 Å². The molecule has 5 nitrogen and oxygen atoms in total. The summed E-state index contributed by atoms with van der Waals surface area (Å²) in [5, 5.41) is 2.61. The van der Waals surface area contributed by atoms with Gasteiger partial charge in [0.1, 0.15) is 11.6 Å². The molecule has 5 heteroatoms. The zero-order chi connectivity index (χ0) is 14.5. The third-order valence-electron chi connectivity index (χ3n) is 2.23. The number of carbonyl (C=O) groups excluding carboxylic acids is 2. The molecule has 104 valence electrons. The molecule has 0 fully saturated rings. The van der Waals surface area contributed by atoms with Crippen molar-refractivity contribution in [2.24, 2.45) is 0 Å². The van der Waals surface area contributed by atoms with Gasteiger partial charge in [-0.25, -0.2) is 4.79 Å². The van der Waals surface area contributed by atoms with Crippen molar-refractivity contribution in [3.8, 4) is 0 Å². The first kappa shape index (κ1) is 15.1. The van der Waals surface area contributed by atoms with Crippen LogP contribution in [0.15, 0.2) is 24.5 Å². The fourth-order valence-electron chi connectivity index (χ4n) is 1.43. The number of hydrogen-bond acceptors (Lipinski definition) is 4. The van der Waals surface area contributed by atoms with Crippen LogP contribution in [0.25, 0.3) is 0 Å². The predicted octanol–water partition coefficient (Wildman–Crippen LogP) is 1.47. The summed E-state index contributed by atoms with van der Waals surface area (Å²) in [5.41, 5.74) is 0.246. The maximum absolute atomic E-state index is 11.7. The molecule has 1 N–H and O–H groups in total. The second kappa shape index (κ2) is 6.31. The maximum Gasteiger partial charge on any atom is 0.328 e. The standard InChI is InChI=1S/C14H20N2O3/c1-10(13(18)19-14(2,3)4)16-12(17)8-11-6-5-7-15-9-11/h5-7,9-10H,8H2,1-4H3,(H,16,17)/t10-/m0/s1. The van der Waals surface area contributed by atoms with Crippen LogP contribution >= 0.6 is 0 Å². The molecule has 0 saturated carbocycles. The fraction of sp³-hybridized carbons (Fsp3) is 0.500. The summed E-state index contributed by atoms with van der Waals surface area (Å²) in [4.78, 5) is 27.4. The molecule has 0 aliphatic heterocycles. The van der Waals surface area contributed by atoms with Crippen molar-refractivity contribution in [2.45, 2.75) is 45.8 Å². The highest BCUT2D eigenvalue weighted by atomic mass is 16.6. The molecule has 0 spiro atoms. The molecule has 1 amide bonds. The van der Waals surface area contributed by atoms with Gasteiger partial charge in [-0.1, -0.05) is 6.07 Å². The van der Waals surface area contributed by atoms with Gasteiger partial charge >= 0.3 is 5.97 Å². The second-order valence-corrected chi connectivity index (χ2v) is 5.36. The first-order valence-electron chi connectivity index (χ1n) is 6.19. The van der Waals surface area contributed by atoms with E-state index in [1.165, 1.54) is 0 Å². The minimum Gasteiger partial charge on any atom is -0.458 e. The molecule has 1 aromatic rings. The van der Waals surface area contributed by atoms with E-state index in [0.29, 0.717) is 0 Å². The van der Waals surface area contributed by atoms with E-state index in [1.807, 2.05) is 6.07 Å². The summed E-state index contributed by atoms with van der Waals surface area (Å²) in [7, 11) is 0. The van der Waals surface area contributed by atoms with Gasteiger partial charge in [-0.3, -0.25) is 9.78 Å². The van der Waals surface area contributed by atoms with Gasteiger partial charge in [-0.15, -0.1) is 0 Å². The summed E-state index contributed by atoms with van der Waals surface area (Å²) in [6, 6.07) is 2.91. The van der Waals surface area contributed by atoms with Crippen molar-refractivity contribution in [2.75, 3.05) is 0 Å². The van der Waals surface area contributed by atoms with E-state index in [-0.39, 0.29) is 12.3 Å². The lowest BCUT2D eigenvalue weighted by molar-refractivity contribution is -0.158. The lowest BCUT2D eigenvalue weighted by Crippen LogP contribution is -2.42. The van der Waals surface area contributed by atoms with Gasteiger partial charge in [0.2, 0.25) is 5.91 Å². The third kappa shape index (κ3) is 5.99. The molecule has 0 radical (unpaired) electrons. The quantitative estimate of drug-likeness (QED) is 0.836. The average molecular weight is 264 g/mol. The fourth-order valence-corrected chi connectivity index (χ4v) is 1.43. The summed E-state index contributed by atoms with van der Waals surface area (Å²) in [5.74, 6) is -0.668. The summed E-state index contributed by atoms with van der Waals surface area (Å²) in [6.45, 7) is 6.97. The molecular weight excluding hydrogens is 244 g/mol. The highest BCUT2D eigenvalue weighted by molar-refractivity contribution is 5.85. The summed E-state index contributed by atoms with van der Waals surface area (Å²) >= 11 is 0. The number of carbonyl (C=O) groups is 2. The van der Waals surface area contributed by atoms with E-state index < -0.39 is 17.6 Å². The lowest BCUT2D eigenvalue weighted by Gasteiger charge is -2.22. The number of aromatic nitrogens is 1. The number of pyridine rings is 1. The first-order chi connectivity index (χ1) is 8.78. The number of ether oxygens (including phenoxy) is 1. The Morgan fingerprint density at radius 2 is 2.11 bits per heavy atom. The van der Waals surface area contributed by atoms with E-state index >= 15 is 0 Å². The minimum absolute atomic E-state index is 0.195. The van der Waals surface area contributed by atoms with E-state index in [2.05, 4.69) is 10.3 Å². The average Bonchev–Trinajstić information content (AvgIpc) is 2.27. The number of rotatable bonds is 4. The Morgan fingerprint density at radius 1 is 1.42 bits per heavy atom. The van der Waals surface area contributed by atoms with Gasteiger partial charge in [0.25, 0.3) is 0 Å². The van der Waals surface area contributed by atoms with Crippen molar-refractivity contribution in [1.82, 2.24) is 10.3 Å². The highest BCUT2D eigenvalue weighted by Gasteiger charge is 2.22. The monoisotopic (exact) mass is 264 g/mol. The van der Waals surface area contributed by atoms with Gasteiger partial charge in [-0.2, -0.15) is 0 Å². The van der Waals surface area contributed by atoms with Crippen LogP contribution in [0.4, 0.5) is 0 Å². The molecule has 0 saturated heterocycles. The van der Waals surface area contributed by atoms with Crippen molar-refractivity contribution in [1.29, 1.82) is 0 Å². The maximum atomic E-state index is 11.7. The summed E-state index contributed by atoms with van der Waals surface area (Å²) in [6.07, 6.45) is 3.46. The lowest BCUT2D eigenvalue weighted by atomic mass is 10.2. The molecule has 1 rings (SSSR count). The zero-order valence-electron chi connectivity index (χ0n) is 11.8. The molecular formula is C14H20N2O3. The minimum atomic E-state index is -0.664. The molecule has 0 aromatic carbocycles. The predicted molar refractivity (Wildman–Crippen MR) is 71.4 cm³/mol. The Hall–Kier alpha value is -1.91. The Labute approximate surface area is 113 Å². The first-order valence-corrected chi connectivity index (χ1v) is 6.19. The van der Waals surface area contributed by atoms with Gasteiger partial charge in [0, 0.05) is 12.4 Å². The van der Waals surface area contributed by atoms with E-state index in [9.17, 15) is 9.59 Å². The van der Waals surface area contributed by atoms with E-state index in [4.69, 9.17) is 4.74 Å². The molecule has 0 unspecified atom stereocenters. The van der Waals surface area contributed by atoms with E-state index in [0.717, 1.165) is 5.56 Å².